The Morgan fingerprint density at radius 1 is 1.21 bits per heavy atom. The molecule has 7 heteroatoms. The Kier molecular flexibility index (Phi) is 3.90. The number of hydrogen-bond donors (Lipinski definition) is 3. The van der Waals surface area contributed by atoms with E-state index in [0.29, 0.717) is 17.1 Å². The van der Waals surface area contributed by atoms with Gasteiger partial charge in [-0.3, -0.25) is 5.43 Å². The third-order valence-electron chi connectivity index (χ3n) is 1.34. The highest BCUT2D eigenvalue weighted by Crippen LogP contribution is 2.13. The summed E-state index contributed by atoms with van der Waals surface area (Å²) in [4.78, 5) is 12.3. The number of nitrogen functional groups attached to an aromatic ring is 1. The summed E-state index contributed by atoms with van der Waals surface area (Å²) in [6, 6.07) is 0.276. The first-order chi connectivity index (χ1) is 6.65. The molecule has 0 bridgehead atoms. The topological polar surface area (TPSA) is 88.8 Å². The van der Waals surface area contributed by atoms with E-state index in [1.807, 2.05) is 20.1 Å². The van der Waals surface area contributed by atoms with E-state index in [-0.39, 0.29) is 6.04 Å². The number of anilines is 2. The van der Waals surface area contributed by atoms with Crippen molar-refractivity contribution in [2.75, 3.05) is 17.0 Å². The van der Waals surface area contributed by atoms with E-state index in [0.717, 1.165) is 0 Å². The molecule has 0 amide bonds. The summed E-state index contributed by atoms with van der Waals surface area (Å²) in [5, 5.41) is 3.72. The van der Waals surface area contributed by atoms with Gasteiger partial charge < -0.3 is 5.32 Å². The molecule has 0 aromatic carbocycles. The number of nitrogens with zero attached hydrogens (tertiary/aromatic N) is 3. The Labute approximate surface area is 87.1 Å². The molecule has 1 aromatic heterocycles. The van der Waals surface area contributed by atoms with Crippen molar-refractivity contribution < 1.29 is 0 Å². The molecule has 6 nitrogen and oxygen atoms in total. The molecule has 14 heavy (non-hydrogen) atoms. The molecule has 78 valence electrons. The van der Waals surface area contributed by atoms with Gasteiger partial charge in [-0.25, -0.2) is 5.84 Å². The van der Waals surface area contributed by atoms with Gasteiger partial charge in [-0.1, -0.05) is 11.8 Å². The number of hydrazine groups is 1. The molecule has 1 rings (SSSR count). The summed E-state index contributed by atoms with van der Waals surface area (Å²) in [6.45, 7) is 4.02. The maximum absolute atomic E-state index is 5.23. The highest BCUT2D eigenvalue weighted by molar-refractivity contribution is 7.98. The van der Waals surface area contributed by atoms with Crippen molar-refractivity contribution in [1.82, 2.24) is 15.0 Å². The van der Waals surface area contributed by atoms with Crippen LogP contribution in [0.3, 0.4) is 0 Å². The predicted molar refractivity (Wildman–Crippen MR) is 58.2 cm³/mol. The van der Waals surface area contributed by atoms with Gasteiger partial charge in [0.25, 0.3) is 0 Å². The second-order valence-electron chi connectivity index (χ2n) is 2.91. The lowest BCUT2D eigenvalue weighted by Crippen LogP contribution is -2.17. The predicted octanol–water partition coefficient (Wildman–Crippen LogP) is 0.699. The van der Waals surface area contributed by atoms with Crippen molar-refractivity contribution in [3.05, 3.63) is 0 Å². The van der Waals surface area contributed by atoms with Crippen LogP contribution < -0.4 is 16.6 Å². The Balaban J connectivity index is 2.92. The monoisotopic (exact) mass is 214 g/mol. The maximum Gasteiger partial charge on any atom is 0.242 e. The molecule has 0 unspecified atom stereocenters. The number of aromatic nitrogens is 3. The zero-order chi connectivity index (χ0) is 10.6. The minimum Gasteiger partial charge on any atom is -0.352 e. The molecular weight excluding hydrogens is 200 g/mol. The first-order valence-corrected chi connectivity index (χ1v) is 5.41. The van der Waals surface area contributed by atoms with Gasteiger partial charge in [-0.05, 0) is 20.1 Å². The van der Waals surface area contributed by atoms with Gasteiger partial charge in [-0.2, -0.15) is 15.0 Å². The molecule has 0 aliphatic carbocycles. The van der Waals surface area contributed by atoms with E-state index in [4.69, 9.17) is 5.84 Å². The van der Waals surface area contributed by atoms with Crippen LogP contribution in [0.15, 0.2) is 5.16 Å². The second-order valence-corrected chi connectivity index (χ2v) is 3.69. The van der Waals surface area contributed by atoms with Crippen molar-refractivity contribution in [1.29, 1.82) is 0 Å². The quantitative estimate of drug-likeness (QED) is 0.386. The normalized spacial score (nSPS) is 10.4. The van der Waals surface area contributed by atoms with Crippen molar-refractivity contribution in [2.24, 2.45) is 5.84 Å². The lowest BCUT2D eigenvalue weighted by atomic mass is 10.4. The molecule has 0 saturated heterocycles. The van der Waals surface area contributed by atoms with Gasteiger partial charge in [0.15, 0.2) is 5.16 Å². The zero-order valence-electron chi connectivity index (χ0n) is 8.40. The largest absolute Gasteiger partial charge is 0.352 e. The van der Waals surface area contributed by atoms with E-state index in [9.17, 15) is 0 Å². The molecular formula is C7H14N6S. The van der Waals surface area contributed by atoms with Crippen LogP contribution in [0.1, 0.15) is 13.8 Å². The van der Waals surface area contributed by atoms with E-state index in [1.54, 1.807) is 0 Å². The van der Waals surface area contributed by atoms with Gasteiger partial charge in [0.05, 0.1) is 0 Å². The fourth-order valence-corrected chi connectivity index (χ4v) is 1.19. The number of nitrogens with one attached hydrogen (secondary N) is 2. The van der Waals surface area contributed by atoms with Gasteiger partial charge in [0.1, 0.15) is 0 Å². The van der Waals surface area contributed by atoms with E-state index < -0.39 is 0 Å². The average Bonchev–Trinajstić information content (AvgIpc) is 2.16. The standard InChI is InChI=1S/C7H14N6S/c1-4(2)9-5-10-6(13-8)12-7(11-5)14-3/h4H,8H2,1-3H3,(H2,9,10,11,12,13). The Morgan fingerprint density at radius 2 is 1.86 bits per heavy atom. The van der Waals surface area contributed by atoms with E-state index in [1.165, 1.54) is 11.8 Å². The average molecular weight is 214 g/mol. The molecule has 0 fully saturated rings. The Hall–Kier alpha value is -1.08. The lowest BCUT2D eigenvalue weighted by Gasteiger charge is -2.09. The smallest absolute Gasteiger partial charge is 0.242 e. The summed E-state index contributed by atoms with van der Waals surface area (Å²) >= 11 is 1.44. The summed E-state index contributed by atoms with van der Waals surface area (Å²) in [6.07, 6.45) is 1.90. The van der Waals surface area contributed by atoms with Crippen LogP contribution in [0.5, 0.6) is 0 Å². The fraction of sp³-hybridized carbons (Fsp3) is 0.571. The SMILES string of the molecule is CSc1nc(NN)nc(NC(C)C)n1. The van der Waals surface area contributed by atoms with Crippen molar-refractivity contribution in [2.45, 2.75) is 25.0 Å². The number of thioether (sulfide) groups is 1. The fourth-order valence-electron chi connectivity index (χ4n) is 0.835. The highest BCUT2D eigenvalue weighted by Gasteiger charge is 2.05. The summed E-state index contributed by atoms with van der Waals surface area (Å²) < 4.78 is 0. The van der Waals surface area contributed by atoms with Crippen LogP contribution in [0.25, 0.3) is 0 Å². The van der Waals surface area contributed by atoms with Crippen LogP contribution in [0, 0.1) is 0 Å². The summed E-state index contributed by atoms with van der Waals surface area (Å²) in [5.41, 5.74) is 2.40. The maximum atomic E-state index is 5.23. The summed E-state index contributed by atoms with van der Waals surface area (Å²) in [7, 11) is 0. The summed E-state index contributed by atoms with van der Waals surface area (Å²) in [5.74, 6) is 6.14. The molecule has 0 spiro atoms. The molecule has 4 N–H and O–H groups in total. The second kappa shape index (κ2) is 4.97. The van der Waals surface area contributed by atoms with Crippen LogP contribution in [0.2, 0.25) is 0 Å². The number of nitrogens with two attached hydrogens (primary N) is 1. The van der Waals surface area contributed by atoms with Crippen LogP contribution in [-0.4, -0.2) is 27.2 Å². The van der Waals surface area contributed by atoms with Gasteiger partial charge in [0.2, 0.25) is 11.9 Å². The minimum absolute atomic E-state index is 0.276. The molecule has 0 atom stereocenters. The number of rotatable bonds is 4. The number of hydrogen-bond acceptors (Lipinski definition) is 7. The van der Waals surface area contributed by atoms with Crippen LogP contribution in [0.4, 0.5) is 11.9 Å². The van der Waals surface area contributed by atoms with Gasteiger partial charge in [0, 0.05) is 6.04 Å². The van der Waals surface area contributed by atoms with Crippen molar-refractivity contribution in [3.8, 4) is 0 Å². The Bertz CT molecular complexity index is 280. The zero-order valence-corrected chi connectivity index (χ0v) is 9.22. The first-order valence-electron chi connectivity index (χ1n) is 4.19. The first kappa shape index (κ1) is 11.0. The molecule has 1 heterocycles. The minimum atomic E-state index is 0.276. The molecule has 0 aliphatic heterocycles. The molecule has 1 aromatic rings. The van der Waals surface area contributed by atoms with Crippen molar-refractivity contribution >= 4 is 23.7 Å². The van der Waals surface area contributed by atoms with Crippen molar-refractivity contribution in [3.63, 3.8) is 0 Å². The Morgan fingerprint density at radius 3 is 2.36 bits per heavy atom. The van der Waals surface area contributed by atoms with E-state index >= 15 is 0 Å². The third kappa shape index (κ3) is 3.00. The van der Waals surface area contributed by atoms with E-state index in [2.05, 4.69) is 25.7 Å². The lowest BCUT2D eigenvalue weighted by molar-refractivity contribution is 0.836. The van der Waals surface area contributed by atoms with Gasteiger partial charge >= 0.3 is 0 Å². The van der Waals surface area contributed by atoms with Gasteiger partial charge in [-0.15, -0.1) is 0 Å². The molecule has 0 radical (unpaired) electrons. The van der Waals surface area contributed by atoms with Crippen LogP contribution in [-0.2, 0) is 0 Å². The third-order valence-corrected chi connectivity index (χ3v) is 1.89. The molecule has 0 aliphatic rings. The highest BCUT2D eigenvalue weighted by atomic mass is 32.2. The molecule has 0 saturated carbocycles. The van der Waals surface area contributed by atoms with Crippen LogP contribution >= 0.6 is 11.8 Å².